The van der Waals surface area contributed by atoms with Gasteiger partial charge in [-0.2, -0.15) is 0 Å². The van der Waals surface area contributed by atoms with E-state index in [9.17, 15) is 0 Å². The molecular formula is C12H24N2. The third-order valence-corrected chi connectivity index (χ3v) is 4.20. The lowest BCUT2D eigenvalue weighted by Crippen LogP contribution is -2.45. The highest BCUT2D eigenvalue weighted by atomic mass is 15.1. The molecule has 2 aliphatic rings. The van der Waals surface area contributed by atoms with Gasteiger partial charge in [0.05, 0.1) is 0 Å². The fraction of sp³-hybridized carbons (Fsp3) is 1.00. The van der Waals surface area contributed by atoms with Crippen LogP contribution in [-0.2, 0) is 0 Å². The van der Waals surface area contributed by atoms with Gasteiger partial charge >= 0.3 is 0 Å². The Bertz CT molecular complexity index is 187. The molecule has 2 atom stereocenters. The molecule has 2 nitrogen and oxygen atoms in total. The largest absolute Gasteiger partial charge is 0.328 e. The molecule has 2 aliphatic carbocycles. The molecule has 2 unspecified atom stereocenters. The molecule has 0 aromatic heterocycles. The Morgan fingerprint density at radius 3 is 2.50 bits per heavy atom. The van der Waals surface area contributed by atoms with Crippen molar-refractivity contribution in [2.24, 2.45) is 17.6 Å². The summed E-state index contributed by atoms with van der Waals surface area (Å²) in [6.07, 6.45) is 6.78. The minimum absolute atomic E-state index is 0.509. The van der Waals surface area contributed by atoms with Crippen molar-refractivity contribution in [3.8, 4) is 0 Å². The molecule has 2 fully saturated rings. The van der Waals surface area contributed by atoms with Crippen molar-refractivity contribution in [2.75, 3.05) is 13.6 Å². The Morgan fingerprint density at radius 2 is 2.00 bits per heavy atom. The smallest absolute Gasteiger partial charge is 0.0118 e. The lowest BCUT2D eigenvalue weighted by Gasteiger charge is -2.38. The molecule has 2 saturated carbocycles. The first-order valence-corrected chi connectivity index (χ1v) is 6.12. The van der Waals surface area contributed by atoms with Gasteiger partial charge in [-0.05, 0) is 44.6 Å². The molecule has 14 heavy (non-hydrogen) atoms. The first-order valence-electron chi connectivity index (χ1n) is 6.12. The molecule has 0 saturated heterocycles. The molecule has 0 amide bonds. The van der Waals surface area contributed by atoms with Crippen LogP contribution < -0.4 is 5.73 Å². The summed E-state index contributed by atoms with van der Waals surface area (Å²) < 4.78 is 0. The number of rotatable bonds is 3. The summed E-state index contributed by atoms with van der Waals surface area (Å²) in [5.41, 5.74) is 5.81. The summed E-state index contributed by atoms with van der Waals surface area (Å²) in [6, 6.07) is 1.36. The zero-order valence-electron chi connectivity index (χ0n) is 9.58. The van der Waals surface area contributed by atoms with Gasteiger partial charge in [-0.25, -0.2) is 0 Å². The van der Waals surface area contributed by atoms with Crippen molar-refractivity contribution in [3.63, 3.8) is 0 Å². The molecule has 2 rings (SSSR count). The second-order valence-electron chi connectivity index (χ2n) is 5.51. The molecule has 0 heterocycles. The monoisotopic (exact) mass is 196 g/mol. The first kappa shape index (κ1) is 10.4. The van der Waals surface area contributed by atoms with E-state index in [1.807, 2.05) is 0 Å². The molecule has 0 radical (unpaired) electrons. The Kier molecular flexibility index (Phi) is 3.13. The van der Waals surface area contributed by atoms with Crippen molar-refractivity contribution in [1.29, 1.82) is 0 Å². The third-order valence-electron chi connectivity index (χ3n) is 4.20. The second kappa shape index (κ2) is 4.19. The first-order chi connectivity index (χ1) is 6.66. The summed E-state index contributed by atoms with van der Waals surface area (Å²) >= 11 is 0. The van der Waals surface area contributed by atoms with Crippen LogP contribution in [0, 0.1) is 11.8 Å². The van der Waals surface area contributed by atoms with Crippen molar-refractivity contribution in [3.05, 3.63) is 0 Å². The van der Waals surface area contributed by atoms with Crippen LogP contribution >= 0.6 is 0 Å². The summed E-state index contributed by atoms with van der Waals surface area (Å²) in [7, 11) is 2.30. The van der Waals surface area contributed by atoms with Gasteiger partial charge in [0.1, 0.15) is 0 Å². The van der Waals surface area contributed by atoms with Crippen LogP contribution in [0.25, 0.3) is 0 Å². The van der Waals surface area contributed by atoms with Crippen LogP contribution in [0.15, 0.2) is 0 Å². The minimum Gasteiger partial charge on any atom is -0.328 e. The van der Waals surface area contributed by atoms with Gasteiger partial charge in [0.25, 0.3) is 0 Å². The van der Waals surface area contributed by atoms with E-state index in [1.165, 1.54) is 38.6 Å². The quantitative estimate of drug-likeness (QED) is 0.746. The highest BCUT2D eigenvalue weighted by Gasteiger charge is 2.31. The van der Waals surface area contributed by atoms with Gasteiger partial charge < -0.3 is 10.6 Å². The molecule has 0 spiro atoms. The van der Waals surface area contributed by atoms with E-state index >= 15 is 0 Å². The van der Waals surface area contributed by atoms with E-state index in [0.29, 0.717) is 6.04 Å². The minimum atomic E-state index is 0.509. The molecule has 0 aliphatic heterocycles. The van der Waals surface area contributed by atoms with Crippen LogP contribution in [0.5, 0.6) is 0 Å². The van der Waals surface area contributed by atoms with Crippen molar-refractivity contribution < 1.29 is 0 Å². The molecule has 0 aromatic rings. The lowest BCUT2D eigenvalue weighted by molar-refractivity contribution is 0.130. The highest BCUT2D eigenvalue weighted by molar-refractivity contribution is 4.87. The highest BCUT2D eigenvalue weighted by Crippen LogP contribution is 2.32. The Morgan fingerprint density at radius 1 is 1.29 bits per heavy atom. The van der Waals surface area contributed by atoms with E-state index < -0.39 is 0 Å². The van der Waals surface area contributed by atoms with Crippen LogP contribution in [0.2, 0.25) is 0 Å². The summed E-state index contributed by atoms with van der Waals surface area (Å²) in [4.78, 5) is 2.59. The van der Waals surface area contributed by atoms with E-state index in [-0.39, 0.29) is 0 Å². The zero-order valence-corrected chi connectivity index (χ0v) is 9.58. The second-order valence-corrected chi connectivity index (χ2v) is 5.51. The molecule has 0 aromatic carbocycles. The maximum absolute atomic E-state index is 5.81. The van der Waals surface area contributed by atoms with E-state index in [1.54, 1.807) is 0 Å². The lowest BCUT2D eigenvalue weighted by atomic mass is 9.80. The standard InChI is InChI=1S/C12H24N2/c1-9-4-3-5-12(9)14(2)8-10-6-11(13)7-10/h9-12H,3-8,13H2,1-2H3. The number of nitrogens with zero attached hydrogens (tertiary/aromatic N) is 1. The van der Waals surface area contributed by atoms with E-state index in [2.05, 4.69) is 18.9 Å². The normalized spacial score (nSPS) is 42.9. The number of nitrogens with two attached hydrogens (primary N) is 1. The molecule has 2 N–H and O–H groups in total. The fourth-order valence-corrected chi connectivity index (χ4v) is 3.26. The topological polar surface area (TPSA) is 29.3 Å². The Hall–Kier alpha value is -0.0800. The summed E-state index contributed by atoms with van der Waals surface area (Å²) in [6.45, 7) is 3.68. The predicted molar refractivity (Wildman–Crippen MR) is 60.1 cm³/mol. The predicted octanol–water partition coefficient (Wildman–Crippen LogP) is 1.84. The van der Waals surface area contributed by atoms with Gasteiger partial charge in [0.15, 0.2) is 0 Å². The maximum atomic E-state index is 5.81. The van der Waals surface area contributed by atoms with Crippen LogP contribution in [0.4, 0.5) is 0 Å². The van der Waals surface area contributed by atoms with Gasteiger partial charge in [-0.1, -0.05) is 13.3 Å². The molecule has 0 bridgehead atoms. The van der Waals surface area contributed by atoms with E-state index in [4.69, 9.17) is 5.73 Å². The van der Waals surface area contributed by atoms with Crippen molar-refractivity contribution >= 4 is 0 Å². The number of hydrogen-bond acceptors (Lipinski definition) is 2. The average molecular weight is 196 g/mol. The molecular weight excluding hydrogens is 172 g/mol. The fourth-order valence-electron chi connectivity index (χ4n) is 3.26. The van der Waals surface area contributed by atoms with Gasteiger partial charge in [-0.15, -0.1) is 0 Å². The Labute approximate surface area is 87.8 Å². The maximum Gasteiger partial charge on any atom is 0.0118 e. The van der Waals surface area contributed by atoms with Crippen molar-refractivity contribution in [1.82, 2.24) is 4.90 Å². The van der Waals surface area contributed by atoms with Gasteiger partial charge in [0, 0.05) is 18.6 Å². The van der Waals surface area contributed by atoms with Crippen LogP contribution in [0.1, 0.15) is 39.0 Å². The van der Waals surface area contributed by atoms with Gasteiger partial charge in [0.2, 0.25) is 0 Å². The van der Waals surface area contributed by atoms with Crippen molar-refractivity contribution in [2.45, 2.75) is 51.1 Å². The Balaban J connectivity index is 1.74. The van der Waals surface area contributed by atoms with Gasteiger partial charge in [-0.3, -0.25) is 0 Å². The van der Waals surface area contributed by atoms with Crippen LogP contribution in [-0.4, -0.2) is 30.6 Å². The summed E-state index contributed by atoms with van der Waals surface area (Å²) in [5.74, 6) is 1.80. The molecule has 82 valence electrons. The zero-order chi connectivity index (χ0) is 10.1. The van der Waals surface area contributed by atoms with E-state index in [0.717, 1.165) is 17.9 Å². The SMILES string of the molecule is CC1CCCC1N(C)CC1CC(N)C1. The summed E-state index contributed by atoms with van der Waals surface area (Å²) in [5, 5.41) is 0. The average Bonchev–Trinajstić information content (AvgIpc) is 2.48. The van der Waals surface area contributed by atoms with Crippen LogP contribution in [0.3, 0.4) is 0 Å². The number of hydrogen-bond donors (Lipinski definition) is 1. The third kappa shape index (κ3) is 2.12. The molecule has 2 heteroatoms.